The number of halogens is 2. The van der Waals surface area contributed by atoms with Crippen molar-refractivity contribution in [2.45, 2.75) is 71.8 Å². The van der Waals surface area contributed by atoms with Gasteiger partial charge in [0.2, 0.25) is 0 Å². The van der Waals surface area contributed by atoms with Crippen molar-refractivity contribution >= 4 is 11.6 Å². The van der Waals surface area contributed by atoms with Crippen molar-refractivity contribution < 1.29 is 18.3 Å². The van der Waals surface area contributed by atoms with Crippen molar-refractivity contribution in [2.75, 3.05) is 5.32 Å². The van der Waals surface area contributed by atoms with Crippen LogP contribution in [0, 0.1) is 5.41 Å². The zero-order chi connectivity index (χ0) is 23.5. The third-order valence-corrected chi connectivity index (χ3v) is 6.36. The first-order chi connectivity index (χ1) is 14.8. The number of ether oxygens (including phenoxy) is 1. The molecule has 0 spiro atoms. The number of hydrogen-bond donors (Lipinski definition) is 1. The number of benzene rings is 1. The van der Waals surface area contributed by atoms with Crippen molar-refractivity contribution in [3.63, 3.8) is 0 Å². The Hall–Kier alpha value is -2.76. The molecule has 4 nitrogen and oxygen atoms in total. The number of carbonyl (C=O) groups excluding carboxylic acids is 1. The number of hydrogen-bond acceptors (Lipinski definition) is 4. The predicted octanol–water partition coefficient (Wildman–Crippen LogP) is 6.36. The highest BCUT2D eigenvalue weighted by Crippen LogP contribution is 2.53. The fraction of sp³-hybridized carbons (Fsp3) is 0.462. The van der Waals surface area contributed by atoms with Gasteiger partial charge in [-0.15, -0.1) is 0 Å². The van der Waals surface area contributed by atoms with E-state index in [2.05, 4.69) is 24.1 Å². The Morgan fingerprint density at radius 3 is 2.53 bits per heavy atom. The number of anilines is 1. The van der Waals surface area contributed by atoms with Crippen LogP contribution in [-0.2, 0) is 16.1 Å². The quantitative estimate of drug-likeness (QED) is 0.601. The van der Waals surface area contributed by atoms with Crippen LogP contribution in [-0.4, -0.2) is 16.9 Å². The predicted molar refractivity (Wildman–Crippen MR) is 121 cm³/mol. The third kappa shape index (κ3) is 3.80. The molecule has 0 radical (unpaired) electrons. The van der Waals surface area contributed by atoms with Crippen LogP contribution in [0.1, 0.15) is 71.1 Å². The molecule has 32 heavy (non-hydrogen) atoms. The highest BCUT2D eigenvalue weighted by molar-refractivity contribution is 6.02. The summed E-state index contributed by atoms with van der Waals surface area (Å²) in [6, 6.07) is 9.07. The fourth-order valence-corrected chi connectivity index (χ4v) is 4.92. The maximum absolute atomic E-state index is 14.2. The van der Waals surface area contributed by atoms with Crippen LogP contribution >= 0.6 is 0 Å². The Morgan fingerprint density at radius 2 is 1.88 bits per heavy atom. The van der Waals surface area contributed by atoms with Gasteiger partial charge in [0, 0.05) is 41.9 Å². The molecule has 1 aromatic heterocycles. The van der Waals surface area contributed by atoms with E-state index in [0.717, 1.165) is 18.2 Å². The topological polar surface area (TPSA) is 51.2 Å². The molecule has 0 amide bonds. The number of carbonyl (C=O) groups is 1. The second kappa shape index (κ2) is 7.39. The molecule has 0 unspecified atom stereocenters. The first-order valence-electron chi connectivity index (χ1n) is 11.0. The van der Waals surface area contributed by atoms with Crippen LogP contribution < -0.4 is 10.1 Å². The third-order valence-electron chi connectivity index (χ3n) is 6.36. The van der Waals surface area contributed by atoms with Crippen LogP contribution in [0.2, 0.25) is 0 Å². The minimum absolute atomic E-state index is 0.0164. The number of aromatic nitrogens is 1. The number of Topliss-reactive ketones (excluding diaryl/α,β-unsaturated/α-hetero) is 1. The molecule has 4 rings (SSSR count). The molecule has 2 aliphatic rings. The smallest absolute Gasteiger partial charge is 0.272 e. The lowest BCUT2D eigenvalue weighted by Crippen LogP contribution is -2.42. The largest absolute Gasteiger partial charge is 0.491 e. The van der Waals surface area contributed by atoms with Crippen LogP contribution in [0.15, 0.2) is 47.8 Å². The van der Waals surface area contributed by atoms with Crippen molar-refractivity contribution in [1.82, 2.24) is 4.98 Å². The Morgan fingerprint density at radius 1 is 1.16 bits per heavy atom. The number of ketones is 1. The van der Waals surface area contributed by atoms with E-state index in [1.54, 1.807) is 0 Å². The van der Waals surface area contributed by atoms with E-state index in [-0.39, 0.29) is 22.9 Å². The van der Waals surface area contributed by atoms with Crippen molar-refractivity contribution in [2.24, 2.45) is 5.41 Å². The molecule has 0 saturated heterocycles. The second-order valence-corrected chi connectivity index (χ2v) is 10.2. The van der Waals surface area contributed by atoms with Gasteiger partial charge in [-0.05, 0) is 56.4 Å². The molecule has 1 aliphatic carbocycles. The van der Waals surface area contributed by atoms with Crippen molar-refractivity contribution in [3.8, 4) is 5.75 Å². The van der Waals surface area contributed by atoms with E-state index < -0.39 is 11.3 Å². The molecular weight excluding hydrogens is 410 g/mol. The molecule has 0 bridgehead atoms. The van der Waals surface area contributed by atoms with Crippen LogP contribution in [0.3, 0.4) is 0 Å². The minimum Gasteiger partial charge on any atom is -0.491 e. The zero-order valence-corrected chi connectivity index (χ0v) is 19.5. The molecule has 0 fully saturated rings. The zero-order valence-electron chi connectivity index (χ0n) is 19.5. The Bertz CT molecular complexity index is 1120. The second-order valence-electron chi connectivity index (χ2n) is 10.2. The number of pyridine rings is 1. The van der Waals surface area contributed by atoms with Gasteiger partial charge in [-0.2, -0.15) is 0 Å². The lowest BCUT2D eigenvalue weighted by atomic mass is 9.61. The molecule has 6 heteroatoms. The van der Waals surface area contributed by atoms with Crippen LogP contribution in [0.5, 0.6) is 5.75 Å². The molecule has 1 atom stereocenters. The normalized spacial score (nSPS) is 22.3. The number of alkyl halides is 2. The summed E-state index contributed by atoms with van der Waals surface area (Å²) in [6.45, 7) is 10.8. The summed E-state index contributed by atoms with van der Waals surface area (Å²) < 4.78 is 34.4. The van der Waals surface area contributed by atoms with Gasteiger partial charge in [0.05, 0.1) is 11.5 Å². The minimum atomic E-state index is -3.04. The van der Waals surface area contributed by atoms with E-state index in [4.69, 9.17) is 4.74 Å². The Labute approximate surface area is 188 Å². The monoisotopic (exact) mass is 440 g/mol. The maximum Gasteiger partial charge on any atom is 0.272 e. The van der Waals surface area contributed by atoms with Gasteiger partial charge >= 0.3 is 0 Å². The summed E-state index contributed by atoms with van der Waals surface area (Å²) >= 11 is 0. The highest BCUT2D eigenvalue weighted by Gasteiger charge is 2.48. The number of nitrogens with one attached hydrogen (secondary N) is 1. The molecule has 1 N–H and O–H groups in total. The van der Waals surface area contributed by atoms with Crippen LogP contribution in [0.4, 0.5) is 14.6 Å². The van der Waals surface area contributed by atoms with Crippen LogP contribution in [0.25, 0.3) is 0 Å². The molecule has 170 valence electrons. The fourth-order valence-electron chi connectivity index (χ4n) is 4.92. The summed E-state index contributed by atoms with van der Waals surface area (Å²) in [7, 11) is 0. The van der Waals surface area contributed by atoms with Crippen molar-refractivity contribution in [3.05, 3.63) is 64.5 Å². The first-order valence-corrected chi connectivity index (χ1v) is 11.0. The molecule has 0 saturated carbocycles. The number of allylic oxidation sites excluding steroid dienone is 2. The lowest BCUT2D eigenvalue weighted by molar-refractivity contribution is -0.118. The molecular formula is C26H30F2N2O2. The average molecular weight is 441 g/mol. The van der Waals surface area contributed by atoms with E-state index >= 15 is 0 Å². The molecule has 2 heterocycles. The van der Waals surface area contributed by atoms with Crippen molar-refractivity contribution in [1.29, 1.82) is 0 Å². The first kappa shape index (κ1) is 22.4. The van der Waals surface area contributed by atoms with E-state index in [0.29, 0.717) is 35.5 Å². The van der Waals surface area contributed by atoms with E-state index in [1.165, 1.54) is 12.3 Å². The summed E-state index contributed by atoms with van der Waals surface area (Å²) in [5.41, 5.74) is 1.53. The van der Waals surface area contributed by atoms with Gasteiger partial charge in [-0.3, -0.25) is 4.79 Å². The van der Waals surface area contributed by atoms with Gasteiger partial charge in [-0.25, -0.2) is 13.8 Å². The summed E-state index contributed by atoms with van der Waals surface area (Å²) in [4.78, 5) is 17.9. The standard InChI is InChI=1S/C26H30F2N2O2/c1-15(2)32-18-9-7-8-16(10-18)25(5)19-11-17(26(6,27)28)14-29-23(19)30-20-12-24(3,4)13-21(31)22(20)25/h7-11,14-15H,12-13H2,1-6H3,(H,29,30)/t25-/m0/s1. The van der Waals surface area contributed by atoms with Gasteiger partial charge in [0.15, 0.2) is 5.78 Å². The average Bonchev–Trinajstić information content (AvgIpc) is 2.65. The summed E-state index contributed by atoms with van der Waals surface area (Å²) in [5.74, 6) is -1.83. The molecule has 1 aliphatic heterocycles. The SMILES string of the molecule is CC(C)Oc1cccc([C@]2(C)C3=C(CC(C)(C)CC3=O)Nc3ncc(C(C)(F)F)cc32)c1. The molecule has 1 aromatic carbocycles. The summed E-state index contributed by atoms with van der Waals surface area (Å²) in [6.07, 6.45) is 2.28. The number of fused-ring (bicyclic) bond motifs is 1. The van der Waals surface area contributed by atoms with E-state index in [1.807, 2.05) is 45.0 Å². The Balaban J connectivity index is 1.99. The van der Waals surface area contributed by atoms with Gasteiger partial charge < -0.3 is 10.1 Å². The van der Waals surface area contributed by atoms with Gasteiger partial charge in [0.25, 0.3) is 5.92 Å². The maximum atomic E-state index is 14.2. The highest BCUT2D eigenvalue weighted by atomic mass is 19.3. The van der Waals surface area contributed by atoms with E-state index in [9.17, 15) is 13.6 Å². The number of nitrogens with zero attached hydrogens (tertiary/aromatic N) is 1. The molecule has 2 aromatic rings. The lowest BCUT2D eigenvalue weighted by Gasteiger charge is -2.44. The number of rotatable bonds is 4. The van der Waals surface area contributed by atoms with Gasteiger partial charge in [-0.1, -0.05) is 26.0 Å². The van der Waals surface area contributed by atoms with Gasteiger partial charge in [0.1, 0.15) is 11.6 Å². The Kier molecular flexibility index (Phi) is 5.18. The summed E-state index contributed by atoms with van der Waals surface area (Å²) in [5, 5.41) is 3.31.